The molecule has 8 heteroatoms. The Bertz CT molecular complexity index is 823. The van der Waals surface area contributed by atoms with Crippen LogP contribution < -0.4 is 16.0 Å². The first kappa shape index (κ1) is 22.3. The number of likely N-dealkylation sites (N-methyl/N-ethyl adjacent to an activating group) is 2. The Morgan fingerprint density at radius 3 is 2.60 bits per heavy atom. The lowest BCUT2D eigenvalue weighted by atomic mass is 9.90. The van der Waals surface area contributed by atoms with E-state index in [0.29, 0.717) is 49.6 Å². The van der Waals surface area contributed by atoms with Crippen LogP contribution in [0.3, 0.4) is 0 Å². The number of aromatic nitrogens is 2. The molecule has 1 aliphatic rings. The predicted molar refractivity (Wildman–Crippen MR) is 121 cm³/mol. The minimum absolute atomic E-state index is 0.160. The number of hydrogen-bond acceptors (Lipinski definition) is 8. The van der Waals surface area contributed by atoms with Crippen molar-refractivity contribution in [2.75, 3.05) is 56.4 Å². The molecule has 1 aliphatic heterocycles. The van der Waals surface area contributed by atoms with Gasteiger partial charge in [0, 0.05) is 38.3 Å². The van der Waals surface area contributed by atoms with E-state index < -0.39 is 5.60 Å². The zero-order valence-electron chi connectivity index (χ0n) is 18.0. The third kappa shape index (κ3) is 5.38. The van der Waals surface area contributed by atoms with Crippen LogP contribution in [0.15, 0.2) is 30.3 Å². The van der Waals surface area contributed by atoms with E-state index in [1.54, 1.807) is 18.2 Å². The molecule has 5 N–H and O–H groups in total. The molecule has 0 amide bonds. The van der Waals surface area contributed by atoms with E-state index in [2.05, 4.69) is 39.2 Å². The first-order chi connectivity index (χ1) is 14.5. The maximum Gasteiger partial charge on any atom is 0.169 e. The molecule has 0 aliphatic carbocycles. The van der Waals surface area contributed by atoms with Gasteiger partial charge in [-0.15, -0.1) is 10.2 Å². The van der Waals surface area contributed by atoms with Gasteiger partial charge in [0.25, 0.3) is 0 Å². The van der Waals surface area contributed by atoms with Crippen molar-refractivity contribution in [3.05, 3.63) is 30.3 Å². The normalized spacial score (nSPS) is 16.2. The van der Waals surface area contributed by atoms with Gasteiger partial charge in [-0.05, 0) is 44.1 Å². The van der Waals surface area contributed by atoms with Crippen molar-refractivity contribution in [3.63, 3.8) is 0 Å². The lowest BCUT2D eigenvalue weighted by Crippen LogP contribution is -2.52. The number of nitrogens with one attached hydrogen (secondary N) is 1. The Balaban J connectivity index is 1.67. The fourth-order valence-electron chi connectivity index (χ4n) is 3.97. The van der Waals surface area contributed by atoms with Crippen molar-refractivity contribution in [2.24, 2.45) is 0 Å². The van der Waals surface area contributed by atoms with Gasteiger partial charge in [-0.1, -0.05) is 26.0 Å². The first-order valence-corrected chi connectivity index (χ1v) is 10.8. The van der Waals surface area contributed by atoms with Crippen molar-refractivity contribution in [2.45, 2.75) is 32.3 Å². The second-order valence-electron chi connectivity index (χ2n) is 7.95. The summed E-state index contributed by atoms with van der Waals surface area (Å²) in [6, 6.07) is 8.93. The summed E-state index contributed by atoms with van der Waals surface area (Å²) in [6.45, 7) is 10.0. The summed E-state index contributed by atoms with van der Waals surface area (Å²) in [5.41, 5.74) is 7.42. The van der Waals surface area contributed by atoms with Crippen molar-refractivity contribution in [3.8, 4) is 17.0 Å². The maximum absolute atomic E-state index is 11.2. The SMILES string of the molecule is CCNCCN(CC)CC1(O)CCN(c2cc(-c3ccccc3O)nnc2N)CC1. The third-order valence-electron chi connectivity index (χ3n) is 5.84. The highest BCUT2D eigenvalue weighted by atomic mass is 16.3. The van der Waals surface area contributed by atoms with E-state index in [1.165, 1.54) is 0 Å². The molecular formula is C22H34N6O2. The second-order valence-corrected chi connectivity index (χ2v) is 7.95. The van der Waals surface area contributed by atoms with Gasteiger partial charge in [-0.25, -0.2) is 0 Å². The molecule has 3 rings (SSSR count). The van der Waals surface area contributed by atoms with E-state index >= 15 is 0 Å². The number of nitrogens with two attached hydrogens (primary N) is 1. The van der Waals surface area contributed by atoms with Gasteiger partial charge in [0.05, 0.1) is 17.0 Å². The molecule has 1 aromatic carbocycles. The molecule has 8 nitrogen and oxygen atoms in total. The summed E-state index contributed by atoms with van der Waals surface area (Å²) in [6.07, 6.45) is 1.33. The van der Waals surface area contributed by atoms with Crippen LogP contribution in [-0.4, -0.2) is 76.7 Å². The van der Waals surface area contributed by atoms with E-state index in [0.717, 1.165) is 31.9 Å². The molecule has 0 radical (unpaired) electrons. The number of phenols is 1. The zero-order valence-corrected chi connectivity index (χ0v) is 18.0. The van der Waals surface area contributed by atoms with Crippen molar-refractivity contribution < 1.29 is 10.2 Å². The van der Waals surface area contributed by atoms with E-state index in [9.17, 15) is 10.2 Å². The molecule has 0 spiro atoms. The largest absolute Gasteiger partial charge is 0.507 e. The minimum Gasteiger partial charge on any atom is -0.507 e. The number of phenolic OH excluding ortho intramolecular Hbond substituents is 1. The predicted octanol–water partition coefficient (Wildman–Crippen LogP) is 1.69. The van der Waals surface area contributed by atoms with Gasteiger partial charge in [0.2, 0.25) is 0 Å². The number of aliphatic hydroxyl groups is 1. The Morgan fingerprint density at radius 2 is 1.93 bits per heavy atom. The minimum atomic E-state index is -0.700. The van der Waals surface area contributed by atoms with Crippen LogP contribution >= 0.6 is 0 Å². The number of hydrogen-bond donors (Lipinski definition) is 4. The average molecular weight is 415 g/mol. The van der Waals surface area contributed by atoms with Gasteiger partial charge in [0.1, 0.15) is 5.75 Å². The number of nitrogen functional groups attached to an aromatic ring is 1. The molecule has 0 atom stereocenters. The quantitative estimate of drug-likeness (QED) is 0.459. The second kappa shape index (κ2) is 10.1. The highest BCUT2D eigenvalue weighted by Crippen LogP contribution is 2.34. The van der Waals surface area contributed by atoms with Crippen LogP contribution in [0.1, 0.15) is 26.7 Å². The molecule has 1 saturated heterocycles. The fourth-order valence-corrected chi connectivity index (χ4v) is 3.97. The highest BCUT2D eigenvalue weighted by Gasteiger charge is 2.34. The molecule has 0 bridgehead atoms. The molecule has 30 heavy (non-hydrogen) atoms. The molecular weight excluding hydrogens is 380 g/mol. The zero-order chi connectivity index (χ0) is 21.6. The van der Waals surface area contributed by atoms with Gasteiger partial charge in [-0.3, -0.25) is 4.90 Å². The topological polar surface area (TPSA) is 111 Å². The third-order valence-corrected chi connectivity index (χ3v) is 5.84. The Labute approximate surface area is 178 Å². The van der Waals surface area contributed by atoms with Gasteiger partial charge in [0.15, 0.2) is 5.82 Å². The number of nitrogens with zero attached hydrogens (tertiary/aromatic N) is 4. The maximum atomic E-state index is 11.2. The summed E-state index contributed by atoms with van der Waals surface area (Å²) in [5.74, 6) is 0.521. The van der Waals surface area contributed by atoms with Crippen LogP contribution in [0.5, 0.6) is 5.75 Å². The van der Waals surface area contributed by atoms with Crippen molar-refractivity contribution >= 4 is 11.5 Å². The molecule has 1 fully saturated rings. The number of anilines is 2. The monoisotopic (exact) mass is 414 g/mol. The number of benzene rings is 1. The number of piperidine rings is 1. The van der Waals surface area contributed by atoms with Crippen molar-refractivity contribution in [1.82, 2.24) is 20.4 Å². The first-order valence-electron chi connectivity index (χ1n) is 10.8. The number of aromatic hydroxyl groups is 1. The summed E-state index contributed by atoms with van der Waals surface area (Å²) in [7, 11) is 0. The smallest absolute Gasteiger partial charge is 0.169 e. The van der Waals surface area contributed by atoms with E-state index in [-0.39, 0.29) is 5.75 Å². The number of para-hydroxylation sites is 1. The summed E-state index contributed by atoms with van der Waals surface area (Å²) >= 11 is 0. The van der Waals surface area contributed by atoms with Crippen LogP contribution in [0, 0.1) is 0 Å². The molecule has 2 aromatic rings. The van der Waals surface area contributed by atoms with Gasteiger partial charge in [-0.2, -0.15) is 0 Å². The Morgan fingerprint density at radius 1 is 1.20 bits per heavy atom. The Hall–Kier alpha value is -2.42. The van der Waals surface area contributed by atoms with E-state index in [1.807, 2.05) is 12.1 Å². The van der Waals surface area contributed by atoms with Crippen molar-refractivity contribution in [1.29, 1.82) is 0 Å². The van der Waals surface area contributed by atoms with Gasteiger partial charge < -0.3 is 26.2 Å². The lowest BCUT2D eigenvalue weighted by molar-refractivity contribution is -0.0149. The fraction of sp³-hybridized carbons (Fsp3) is 0.545. The van der Waals surface area contributed by atoms with E-state index in [4.69, 9.17) is 5.73 Å². The molecule has 0 unspecified atom stereocenters. The van der Waals surface area contributed by atoms with Crippen LogP contribution in [-0.2, 0) is 0 Å². The van der Waals surface area contributed by atoms with Crippen LogP contribution in [0.4, 0.5) is 11.5 Å². The van der Waals surface area contributed by atoms with Crippen LogP contribution in [0.25, 0.3) is 11.3 Å². The molecule has 164 valence electrons. The lowest BCUT2D eigenvalue weighted by Gasteiger charge is -2.41. The molecule has 2 heterocycles. The Kier molecular flexibility index (Phi) is 7.47. The molecule has 1 aromatic heterocycles. The van der Waals surface area contributed by atoms with Gasteiger partial charge >= 0.3 is 0 Å². The number of rotatable bonds is 9. The average Bonchev–Trinajstić information content (AvgIpc) is 2.75. The van der Waals surface area contributed by atoms with Crippen LogP contribution in [0.2, 0.25) is 0 Å². The standard InChI is InChI=1S/C22H34N6O2/c1-3-24-11-14-27(4-2)16-22(30)9-12-28(13-10-22)19-15-18(25-26-21(19)23)17-7-5-6-8-20(17)29/h5-8,15,24,29-30H,3-4,9-14,16H2,1-2H3,(H2,23,26). The highest BCUT2D eigenvalue weighted by molar-refractivity contribution is 5.74. The molecule has 0 saturated carbocycles. The summed E-state index contributed by atoms with van der Waals surface area (Å²) in [4.78, 5) is 4.45. The summed E-state index contributed by atoms with van der Waals surface area (Å²) in [5, 5.41) is 32.9. The summed E-state index contributed by atoms with van der Waals surface area (Å²) < 4.78 is 0.